The van der Waals surface area contributed by atoms with Crippen LogP contribution in [0.5, 0.6) is 5.75 Å². The van der Waals surface area contributed by atoms with Gasteiger partial charge in [0, 0.05) is 17.6 Å². The Labute approximate surface area is 153 Å². The molecule has 1 N–H and O–H groups in total. The third-order valence-electron chi connectivity index (χ3n) is 4.42. The Morgan fingerprint density at radius 3 is 2.58 bits per heavy atom. The summed E-state index contributed by atoms with van der Waals surface area (Å²) in [6, 6.07) is 9.74. The van der Waals surface area contributed by atoms with Crippen molar-refractivity contribution in [2.45, 2.75) is 39.3 Å². The number of amides is 1. The Morgan fingerprint density at radius 2 is 1.96 bits per heavy atom. The Bertz CT molecular complexity index is 900. The molecule has 26 heavy (non-hydrogen) atoms. The number of carbonyl (C=O) groups is 1. The molecule has 6 nitrogen and oxygen atoms in total. The lowest BCUT2D eigenvalue weighted by molar-refractivity contribution is 0.0935. The van der Waals surface area contributed by atoms with E-state index in [1.807, 2.05) is 41.9 Å². The van der Waals surface area contributed by atoms with Crippen molar-refractivity contribution < 1.29 is 9.53 Å². The predicted molar refractivity (Wildman–Crippen MR) is 101 cm³/mol. The fourth-order valence-corrected chi connectivity index (χ4v) is 2.94. The normalized spacial score (nSPS) is 12.3. The van der Waals surface area contributed by atoms with Crippen LogP contribution in [0.15, 0.2) is 42.7 Å². The average molecular weight is 352 g/mol. The van der Waals surface area contributed by atoms with Gasteiger partial charge in [0.15, 0.2) is 5.65 Å². The third-order valence-corrected chi connectivity index (χ3v) is 4.42. The van der Waals surface area contributed by atoms with Crippen LogP contribution in [0, 0.1) is 0 Å². The minimum Gasteiger partial charge on any atom is -0.497 e. The second kappa shape index (κ2) is 7.56. The van der Waals surface area contributed by atoms with Crippen molar-refractivity contribution >= 4 is 16.9 Å². The number of carbonyl (C=O) groups excluding carboxylic acids is 1. The summed E-state index contributed by atoms with van der Waals surface area (Å²) in [4.78, 5) is 17.1. The molecule has 0 unspecified atom stereocenters. The van der Waals surface area contributed by atoms with Crippen LogP contribution < -0.4 is 10.1 Å². The number of aromatic nitrogens is 3. The van der Waals surface area contributed by atoms with Crippen molar-refractivity contribution in [1.82, 2.24) is 20.1 Å². The summed E-state index contributed by atoms with van der Waals surface area (Å²) in [5.41, 5.74) is 2.37. The van der Waals surface area contributed by atoms with Gasteiger partial charge in [-0.25, -0.2) is 9.67 Å². The fourth-order valence-electron chi connectivity index (χ4n) is 2.94. The number of pyridine rings is 1. The molecule has 1 aromatic carbocycles. The standard InChI is InChI=1S/C20H24N4O2/c1-5-18(14-6-8-17(26-4)9-7-14)23-20(25)16-10-15-12-22-24(13(2)3)19(15)21-11-16/h6-13,18H,5H2,1-4H3,(H,23,25)/t18-/m1/s1. The number of methoxy groups -OCH3 is 1. The molecule has 1 atom stereocenters. The molecule has 0 aliphatic rings. The van der Waals surface area contributed by atoms with Gasteiger partial charge in [-0.2, -0.15) is 5.10 Å². The summed E-state index contributed by atoms with van der Waals surface area (Å²) in [5, 5.41) is 8.30. The summed E-state index contributed by atoms with van der Waals surface area (Å²) in [5.74, 6) is 0.658. The summed E-state index contributed by atoms with van der Waals surface area (Å²) < 4.78 is 7.04. The van der Waals surface area contributed by atoms with Crippen LogP contribution in [0.4, 0.5) is 0 Å². The monoisotopic (exact) mass is 352 g/mol. The van der Waals surface area contributed by atoms with Crippen molar-refractivity contribution in [2.75, 3.05) is 7.11 Å². The molecule has 0 bridgehead atoms. The van der Waals surface area contributed by atoms with Gasteiger partial charge in [0.05, 0.1) is 24.9 Å². The first-order valence-electron chi connectivity index (χ1n) is 8.81. The highest BCUT2D eigenvalue weighted by Gasteiger charge is 2.16. The molecule has 0 aliphatic heterocycles. The molecule has 136 valence electrons. The van der Waals surface area contributed by atoms with E-state index >= 15 is 0 Å². The molecule has 6 heteroatoms. The van der Waals surface area contributed by atoms with Gasteiger partial charge < -0.3 is 10.1 Å². The highest BCUT2D eigenvalue weighted by molar-refractivity contribution is 5.97. The van der Waals surface area contributed by atoms with Gasteiger partial charge in [-0.15, -0.1) is 0 Å². The molecule has 0 fully saturated rings. The number of ether oxygens (including phenoxy) is 1. The average Bonchev–Trinajstić information content (AvgIpc) is 3.09. The minimum atomic E-state index is -0.139. The largest absolute Gasteiger partial charge is 0.497 e. The van der Waals surface area contributed by atoms with Gasteiger partial charge in [-0.05, 0) is 44.0 Å². The van der Waals surface area contributed by atoms with E-state index in [-0.39, 0.29) is 18.0 Å². The van der Waals surface area contributed by atoms with E-state index in [4.69, 9.17) is 4.74 Å². The topological polar surface area (TPSA) is 69.0 Å². The van der Waals surface area contributed by atoms with Gasteiger partial charge >= 0.3 is 0 Å². The quantitative estimate of drug-likeness (QED) is 0.730. The Balaban J connectivity index is 1.80. The zero-order valence-electron chi connectivity index (χ0n) is 15.6. The molecule has 2 heterocycles. The van der Waals surface area contributed by atoms with Gasteiger partial charge in [-0.3, -0.25) is 4.79 Å². The number of benzene rings is 1. The first-order chi connectivity index (χ1) is 12.5. The molecule has 0 spiro atoms. The molecule has 0 aliphatic carbocycles. The first kappa shape index (κ1) is 17.9. The van der Waals surface area contributed by atoms with Crippen LogP contribution >= 0.6 is 0 Å². The molecule has 3 aromatic rings. The highest BCUT2D eigenvalue weighted by atomic mass is 16.5. The van der Waals surface area contributed by atoms with E-state index in [1.165, 1.54) is 0 Å². The van der Waals surface area contributed by atoms with E-state index in [9.17, 15) is 4.79 Å². The van der Waals surface area contributed by atoms with E-state index in [0.717, 1.165) is 28.8 Å². The minimum absolute atomic E-state index is 0.0671. The summed E-state index contributed by atoms with van der Waals surface area (Å²) in [6.07, 6.45) is 4.15. The van der Waals surface area contributed by atoms with Gasteiger partial charge in [0.2, 0.25) is 0 Å². The second-order valence-corrected chi connectivity index (χ2v) is 6.53. The van der Waals surface area contributed by atoms with Gasteiger partial charge in [-0.1, -0.05) is 19.1 Å². The number of hydrogen-bond donors (Lipinski definition) is 1. The molecule has 0 radical (unpaired) electrons. The third kappa shape index (κ3) is 3.54. The summed E-state index contributed by atoms with van der Waals surface area (Å²) in [7, 11) is 1.64. The Hall–Kier alpha value is -2.89. The molecule has 0 saturated carbocycles. The number of fused-ring (bicyclic) bond motifs is 1. The molecule has 3 rings (SSSR count). The fraction of sp³-hybridized carbons (Fsp3) is 0.350. The highest BCUT2D eigenvalue weighted by Crippen LogP contribution is 2.21. The van der Waals surface area contributed by atoms with Crippen LogP contribution in [0.2, 0.25) is 0 Å². The van der Waals surface area contributed by atoms with Crippen molar-refractivity contribution in [2.24, 2.45) is 0 Å². The van der Waals surface area contributed by atoms with Crippen molar-refractivity contribution in [3.05, 3.63) is 53.9 Å². The van der Waals surface area contributed by atoms with Crippen molar-refractivity contribution in [1.29, 1.82) is 0 Å². The zero-order chi connectivity index (χ0) is 18.7. The van der Waals surface area contributed by atoms with E-state index in [0.29, 0.717) is 5.56 Å². The maximum atomic E-state index is 12.7. The van der Waals surface area contributed by atoms with Crippen LogP contribution in [-0.4, -0.2) is 27.8 Å². The number of nitrogens with zero attached hydrogens (tertiary/aromatic N) is 3. The lowest BCUT2D eigenvalue weighted by Crippen LogP contribution is -2.28. The zero-order valence-corrected chi connectivity index (χ0v) is 15.6. The molecule has 1 amide bonds. The van der Waals surface area contributed by atoms with Gasteiger partial charge in [0.25, 0.3) is 5.91 Å². The van der Waals surface area contributed by atoms with Crippen LogP contribution in [0.25, 0.3) is 11.0 Å². The number of nitrogens with one attached hydrogen (secondary N) is 1. The molecular weight excluding hydrogens is 328 g/mol. The SMILES string of the molecule is CC[C@@H](NC(=O)c1cnc2c(cnn2C(C)C)c1)c1ccc(OC)cc1. The Morgan fingerprint density at radius 1 is 1.23 bits per heavy atom. The lowest BCUT2D eigenvalue weighted by Gasteiger charge is -2.18. The van der Waals surface area contributed by atoms with E-state index in [1.54, 1.807) is 19.5 Å². The maximum Gasteiger partial charge on any atom is 0.253 e. The van der Waals surface area contributed by atoms with Crippen molar-refractivity contribution in [3.8, 4) is 5.75 Å². The summed E-state index contributed by atoms with van der Waals surface area (Å²) in [6.45, 7) is 6.15. The number of hydrogen-bond acceptors (Lipinski definition) is 4. The molecule has 0 saturated heterocycles. The predicted octanol–water partition coefficient (Wildman–Crippen LogP) is 3.90. The van der Waals surface area contributed by atoms with Crippen LogP contribution in [0.3, 0.4) is 0 Å². The smallest absolute Gasteiger partial charge is 0.253 e. The van der Waals surface area contributed by atoms with E-state index < -0.39 is 0 Å². The second-order valence-electron chi connectivity index (χ2n) is 6.53. The van der Waals surface area contributed by atoms with Crippen molar-refractivity contribution in [3.63, 3.8) is 0 Å². The maximum absolute atomic E-state index is 12.7. The molecule has 2 aromatic heterocycles. The van der Waals surface area contributed by atoms with E-state index in [2.05, 4.69) is 29.2 Å². The molecular formula is C20H24N4O2. The Kier molecular flexibility index (Phi) is 5.21. The summed E-state index contributed by atoms with van der Waals surface area (Å²) >= 11 is 0. The van der Waals surface area contributed by atoms with Crippen LogP contribution in [0.1, 0.15) is 55.2 Å². The van der Waals surface area contributed by atoms with Crippen LogP contribution in [-0.2, 0) is 0 Å². The first-order valence-corrected chi connectivity index (χ1v) is 8.81. The van der Waals surface area contributed by atoms with Gasteiger partial charge in [0.1, 0.15) is 5.75 Å². The number of rotatable bonds is 6. The lowest BCUT2D eigenvalue weighted by atomic mass is 10.0.